The maximum atomic E-state index is 5.36. The van der Waals surface area contributed by atoms with Gasteiger partial charge < -0.3 is 14.1 Å². The Morgan fingerprint density at radius 1 is 1.39 bits per heavy atom. The Morgan fingerprint density at radius 2 is 2.22 bits per heavy atom. The molecule has 18 heavy (non-hydrogen) atoms. The molecule has 0 saturated heterocycles. The molecule has 3 rings (SSSR count). The summed E-state index contributed by atoms with van der Waals surface area (Å²) in [5, 5.41) is 3.90. The maximum absolute atomic E-state index is 5.36. The molecule has 4 nitrogen and oxygen atoms in total. The smallest absolute Gasteiger partial charge is 0.178 e. The average molecular weight is 259 g/mol. The highest BCUT2D eigenvalue weighted by molar-refractivity contribution is 7.71. The van der Waals surface area contributed by atoms with E-state index in [2.05, 4.69) is 23.1 Å². The molecule has 0 fully saturated rings. The first kappa shape index (κ1) is 11.2. The molecule has 0 spiro atoms. The lowest BCUT2D eigenvalue weighted by Crippen LogP contribution is -1.99. The zero-order valence-corrected chi connectivity index (χ0v) is 11.0. The third kappa shape index (κ3) is 1.76. The van der Waals surface area contributed by atoms with Crippen LogP contribution in [-0.2, 0) is 6.54 Å². The van der Waals surface area contributed by atoms with Crippen molar-refractivity contribution >= 4 is 23.3 Å². The van der Waals surface area contributed by atoms with Gasteiger partial charge in [0, 0.05) is 6.07 Å². The quantitative estimate of drug-likeness (QED) is 0.718. The number of imidazole rings is 1. The van der Waals surface area contributed by atoms with Crippen molar-refractivity contribution in [2.45, 2.75) is 20.4 Å². The van der Waals surface area contributed by atoms with Crippen LogP contribution in [0.4, 0.5) is 0 Å². The number of aromatic amines is 1. The number of fused-ring (bicyclic) bond motifs is 1. The van der Waals surface area contributed by atoms with E-state index in [0.29, 0.717) is 11.3 Å². The fraction of sp³-hybridized carbons (Fsp3) is 0.231. The first-order chi connectivity index (χ1) is 8.65. The number of aromatic nitrogens is 3. The summed E-state index contributed by atoms with van der Waals surface area (Å²) in [7, 11) is 0. The van der Waals surface area contributed by atoms with E-state index in [1.165, 1.54) is 5.56 Å². The number of benzene rings is 1. The van der Waals surface area contributed by atoms with Gasteiger partial charge in [-0.05, 0) is 37.7 Å². The highest BCUT2D eigenvalue weighted by Gasteiger charge is 2.09. The van der Waals surface area contributed by atoms with Crippen LogP contribution in [-0.4, -0.2) is 14.7 Å². The van der Waals surface area contributed by atoms with Crippen LogP contribution in [0.1, 0.15) is 17.0 Å². The van der Waals surface area contributed by atoms with Crippen LogP contribution in [0.2, 0.25) is 0 Å². The summed E-state index contributed by atoms with van der Waals surface area (Å²) in [6.07, 6.45) is 0. The molecule has 0 amide bonds. The number of hydrogen-bond donors (Lipinski definition) is 1. The van der Waals surface area contributed by atoms with Gasteiger partial charge in [-0.3, -0.25) is 0 Å². The predicted octanol–water partition coefficient (Wildman–Crippen LogP) is 3.35. The van der Waals surface area contributed by atoms with Crippen LogP contribution in [0.15, 0.2) is 28.8 Å². The van der Waals surface area contributed by atoms with Crippen LogP contribution in [0.5, 0.6) is 0 Å². The number of H-pyrrole nitrogens is 1. The molecule has 0 saturated carbocycles. The minimum absolute atomic E-state index is 0.602. The highest BCUT2D eigenvalue weighted by atomic mass is 32.1. The third-order valence-electron chi connectivity index (χ3n) is 2.99. The van der Waals surface area contributed by atoms with Gasteiger partial charge in [0.2, 0.25) is 0 Å². The maximum Gasteiger partial charge on any atom is 0.178 e. The summed E-state index contributed by atoms with van der Waals surface area (Å²) >= 11 is 5.36. The number of nitrogens with one attached hydrogen (secondary N) is 1. The molecule has 3 aromatic rings. The molecule has 0 bridgehead atoms. The zero-order valence-electron chi connectivity index (χ0n) is 10.2. The Bertz CT molecular complexity index is 766. The lowest BCUT2D eigenvalue weighted by atomic mass is 10.2. The molecule has 1 N–H and O–H groups in total. The van der Waals surface area contributed by atoms with Gasteiger partial charge in [-0.1, -0.05) is 17.3 Å². The Morgan fingerprint density at radius 3 is 2.94 bits per heavy atom. The molecular weight excluding hydrogens is 246 g/mol. The molecule has 2 aromatic heterocycles. The van der Waals surface area contributed by atoms with E-state index >= 15 is 0 Å². The lowest BCUT2D eigenvalue weighted by Gasteiger charge is -2.03. The SMILES string of the molecule is Cc1cc(Cn2c(=S)[nH]c3cccc(C)c32)on1. The molecule has 2 heterocycles. The second kappa shape index (κ2) is 4.10. The van der Waals surface area contributed by atoms with Gasteiger partial charge in [0.1, 0.15) is 0 Å². The van der Waals surface area contributed by atoms with E-state index in [1.807, 2.05) is 29.7 Å². The Labute approximate surface area is 109 Å². The molecule has 5 heteroatoms. The second-order valence-corrected chi connectivity index (χ2v) is 4.81. The van der Waals surface area contributed by atoms with Crippen molar-refractivity contribution in [2.24, 2.45) is 0 Å². The average Bonchev–Trinajstić information content (AvgIpc) is 2.85. The topological polar surface area (TPSA) is 46.8 Å². The Kier molecular flexibility index (Phi) is 2.56. The van der Waals surface area contributed by atoms with Crippen molar-refractivity contribution in [1.82, 2.24) is 14.7 Å². The summed E-state index contributed by atoms with van der Waals surface area (Å²) in [5.41, 5.74) is 4.25. The van der Waals surface area contributed by atoms with Crippen LogP contribution in [0.25, 0.3) is 11.0 Å². The van der Waals surface area contributed by atoms with Crippen molar-refractivity contribution in [3.05, 3.63) is 46.1 Å². The molecule has 0 atom stereocenters. The van der Waals surface area contributed by atoms with Gasteiger partial charge in [0.25, 0.3) is 0 Å². The van der Waals surface area contributed by atoms with E-state index in [-0.39, 0.29) is 0 Å². The van der Waals surface area contributed by atoms with Gasteiger partial charge in [-0.15, -0.1) is 0 Å². The molecule has 0 radical (unpaired) electrons. The largest absolute Gasteiger partial charge is 0.359 e. The summed E-state index contributed by atoms with van der Waals surface area (Å²) in [6.45, 7) is 4.59. The molecule has 92 valence electrons. The minimum Gasteiger partial charge on any atom is -0.359 e. The van der Waals surface area contributed by atoms with E-state index in [9.17, 15) is 0 Å². The van der Waals surface area contributed by atoms with Gasteiger partial charge >= 0.3 is 0 Å². The lowest BCUT2D eigenvalue weighted by molar-refractivity contribution is 0.373. The fourth-order valence-corrected chi connectivity index (χ4v) is 2.47. The molecule has 1 aromatic carbocycles. The summed E-state index contributed by atoms with van der Waals surface area (Å²) < 4.78 is 7.99. The molecular formula is C13H13N3OS. The highest BCUT2D eigenvalue weighted by Crippen LogP contribution is 2.19. The second-order valence-electron chi connectivity index (χ2n) is 4.42. The molecule has 0 aliphatic carbocycles. The molecule has 0 aliphatic rings. The summed E-state index contributed by atoms with van der Waals surface area (Å²) in [4.78, 5) is 3.21. The number of aryl methyl sites for hydroxylation is 2. The van der Waals surface area contributed by atoms with E-state index in [1.54, 1.807) is 0 Å². The normalized spacial score (nSPS) is 11.2. The zero-order chi connectivity index (χ0) is 12.7. The monoisotopic (exact) mass is 259 g/mol. The number of rotatable bonds is 2. The summed E-state index contributed by atoms with van der Waals surface area (Å²) in [5.74, 6) is 0.813. The van der Waals surface area contributed by atoms with Crippen molar-refractivity contribution in [1.29, 1.82) is 0 Å². The van der Waals surface area contributed by atoms with Crippen LogP contribution >= 0.6 is 12.2 Å². The Hall–Kier alpha value is -1.88. The van der Waals surface area contributed by atoms with Crippen molar-refractivity contribution in [3.8, 4) is 0 Å². The van der Waals surface area contributed by atoms with Crippen molar-refractivity contribution in [3.63, 3.8) is 0 Å². The first-order valence-electron chi connectivity index (χ1n) is 5.75. The van der Waals surface area contributed by atoms with E-state index in [4.69, 9.17) is 16.7 Å². The van der Waals surface area contributed by atoms with Crippen molar-refractivity contribution < 1.29 is 4.52 Å². The van der Waals surface area contributed by atoms with E-state index in [0.717, 1.165) is 22.5 Å². The van der Waals surface area contributed by atoms with Gasteiger partial charge in [-0.25, -0.2) is 0 Å². The van der Waals surface area contributed by atoms with Gasteiger partial charge in [-0.2, -0.15) is 0 Å². The standard InChI is InChI=1S/C13H13N3OS/c1-8-4-3-5-11-12(8)16(13(18)14-11)7-10-6-9(2)15-17-10/h3-6H,7H2,1-2H3,(H,14,18). The number of para-hydroxylation sites is 1. The van der Waals surface area contributed by atoms with Crippen molar-refractivity contribution in [2.75, 3.05) is 0 Å². The Balaban J connectivity index is 2.16. The summed E-state index contributed by atoms with van der Waals surface area (Å²) in [6, 6.07) is 8.05. The molecule has 0 unspecified atom stereocenters. The van der Waals surface area contributed by atoms with Crippen LogP contribution in [0, 0.1) is 18.6 Å². The number of hydrogen-bond acceptors (Lipinski definition) is 3. The fourth-order valence-electron chi connectivity index (χ4n) is 2.20. The third-order valence-corrected chi connectivity index (χ3v) is 3.31. The van der Waals surface area contributed by atoms with Gasteiger partial charge in [0.05, 0.1) is 23.3 Å². The van der Waals surface area contributed by atoms with E-state index < -0.39 is 0 Å². The van der Waals surface area contributed by atoms with Gasteiger partial charge in [0.15, 0.2) is 10.5 Å². The predicted molar refractivity (Wildman–Crippen MR) is 72.2 cm³/mol. The molecule has 0 aliphatic heterocycles. The number of nitrogens with zero attached hydrogens (tertiary/aromatic N) is 2. The minimum atomic E-state index is 0.602. The van der Waals surface area contributed by atoms with Crippen LogP contribution in [0.3, 0.4) is 0 Å². The van der Waals surface area contributed by atoms with Crippen LogP contribution < -0.4 is 0 Å². The first-order valence-corrected chi connectivity index (χ1v) is 6.16.